The molecule has 1 heterocycles. The second kappa shape index (κ2) is 8.69. The summed E-state index contributed by atoms with van der Waals surface area (Å²) in [5, 5.41) is 6.96. The Morgan fingerprint density at radius 1 is 0.963 bits per heavy atom. The van der Waals surface area contributed by atoms with Crippen LogP contribution < -0.4 is 10.6 Å². The molecule has 5 heteroatoms. The average molecular weight is 380 g/mol. The molecule has 0 atom stereocenters. The van der Waals surface area contributed by atoms with Crippen LogP contribution in [0.25, 0.3) is 0 Å². The van der Waals surface area contributed by atoms with E-state index in [1.54, 1.807) is 12.4 Å². The van der Waals surface area contributed by atoms with Gasteiger partial charge in [0, 0.05) is 29.6 Å². The highest BCUT2D eigenvalue weighted by atomic mass is 35.5. The molecule has 0 aliphatic rings. The van der Waals surface area contributed by atoms with Crippen LogP contribution in [0.4, 0.5) is 11.4 Å². The van der Waals surface area contributed by atoms with E-state index >= 15 is 0 Å². The van der Waals surface area contributed by atoms with E-state index in [4.69, 9.17) is 11.6 Å². The normalized spacial score (nSPS) is 10.5. The lowest BCUT2D eigenvalue weighted by Gasteiger charge is -2.10. The number of nitrogens with zero attached hydrogens (tertiary/aromatic N) is 1. The van der Waals surface area contributed by atoms with Crippen LogP contribution in [0.5, 0.6) is 0 Å². The molecular weight excluding hydrogens is 358 g/mol. The first-order valence-corrected chi connectivity index (χ1v) is 9.21. The van der Waals surface area contributed by atoms with Crippen LogP contribution in [0, 0.1) is 13.8 Å². The monoisotopic (exact) mass is 379 g/mol. The Balaban J connectivity index is 1.59. The Morgan fingerprint density at radius 2 is 1.74 bits per heavy atom. The molecule has 27 heavy (non-hydrogen) atoms. The van der Waals surface area contributed by atoms with Gasteiger partial charge in [0.15, 0.2) is 0 Å². The van der Waals surface area contributed by atoms with Crippen molar-refractivity contribution in [2.24, 2.45) is 0 Å². The fourth-order valence-electron chi connectivity index (χ4n) is 2.69. The van der Waals surface area contributed by atoms with Crippen LogP contribution in [0.1, 0.15) is 27.0 Å². The molecular formula is C22H22ClN3O. The van der Waals surface area contributed by atoms with E-state index in [0.29, 0.717) is 5.56 Å². The fourth-order valence-corrected chi connectivity index (χ4v) is 2.81. The van der Waals surface area contributed by atoms with Gasteiger partial charge in [0.1, 0.15) is 0 Å². The van der Waals surface area contributed by atoms with Crippen LogP contribution in [0.3, 0.4) is 0 Å². The van der Waals surface area contributed by atoms with E-state index in [9.17, 15) is 4.79 Å². The van der Waals surface area contributed by atoms with Gasteiger partial charge in [-0.05, 0) is 67.3 Å². The molecule has 1 aromatic heterocycles. The summed E-state index contributed by atoms with van der Waals surface area (Å²) in [7, 11) is 0. The van der Waals surface area contributed by atoms with Gasteiger partial charge < -0.3 is 10.6 Å². The Morgan fingerprint density at radius 3 is 2.48 bits per heavy atom. The van der Waals surface area contributed by atoms with Gasteiger partial charge in [-0.15, -0.1) is 0 Å². The van der Waals surface area contributed by atoms with Crippen LogP contribution in [0.2, 0.25) is 5.02 Å². The number of carbonyl (C=O) groups is 1. The van der Waals surface area contributed by atoms with Gasteiger partial charge in [-0.2, -0.15) is 0 Å². The minimum Gasteiger partial charge on any atom is -0.383 e. The summed E-state index contributed by atoms with van der Waals surface area (Å²) in [6.45, 7) is 4.81. The van der Waals surface area contributed by atoms with Crippen LogP contribution in [0.15, 0.2) is 60.9 Å². The third-order valence-corrected chi connectivity index (χ3v) is 4.67. The van der Waals surface area contributed by atoms with Crippen molar-refractivity contribution in [3.8, 4) is 0 Å². The summed E-state index contributed by atoms with van der Waals surface area (Å²) in [6.07, 6.45) is 4.14. The maximum atomic E-state index is 12.5. The van der Waals surface area contributed by atoms with Crippen molar-refractivity contribution in [3.63, 3.8) is 0 Å². The molecule has 0 radical (unpaired) electrons. The van der Waals surface area contributed by atoms with Gasteiger partial charge in [0.2, 0.25) is 0 Å². The number of rotatable bonds is 6. The Labute approximate surface area is 164 Å². The van der Waals surface area contributed by atoms with Crippen molar-refractivity contribution in [1.29, 1.82) is 0 Å². The molecule has 138 valence electrons. The number of amides is 1. The largest absolute Gasteiger partial charge is 0.383 e. The molecule has 0 unspecified atom stereocenters. The number of nitrogens with one attached hydrogen (secondary N) is 2. The van der Waals surface area contributed by atoms with Gasteiger partial charge in [-0.25, -0.2) is 0 Å². The lowest BCUT2D eigenvalue weighted by atomic mass is 10.1. The van der Waals surface area contributed by atoms with E-state index in [1.165, 1.54) is 11.1 Å². The van der Waals surface area contributed by atoms with Gasteiger partial charge in [0.25, 0.3) is 5.91 Å². The molecule has 4 nitrogen and oxygen atoms in total. The Hall–Kier alpha value is -2.85. The molecule has 1 amide bonds. The molecule has 0 spiro atoms. The van der Waals surface area contributed by atoms with Gasteiger partial charge in [-0.1, -0.05) is 29.8 Å². The second-order valence-corrected chi connectivity index (χ2v) is 6.96. The number of halogens is 1. The molecule has 0 saturated carbocycles. The van der Waals surface area contributed by atoms with Crippen LogP contribution in [-0.4, -0.2) is 17.4 Å². The minimum absolute atomic E-state index is 0.174. The number of aryl methyl sites for hydroxylation is 2. The van der Waals surface area contributed by atoms with Crippen LogP contribution in [-0.2, 0) is 6.42 Å². The van der Waals surface area contributed by atoms with E-state index in [2.05, 4.69) is 15.6 Å². The predicted octanol–water partition coefficient (Wildman–Crippen LogP) is 5.26. The van der Waals surface area contributed by atoms with E-state index < -0.39 is 0 Å². The highest BCUT2D eigenvalue weighted by molar-refractivity contribution is 6.30. The number of benzene rings is 2. The Bertz CT molecular complexity index is 939. The molecule has 2 aromatic carbocycles. The minimum atomic E-state index is -0.174. The number of carbonyl (C=O) groups excluding carboxylic acids is 1. The molecule has 3 rings (SSSR count). The lowest BCUT2D eigenvalue weighted by molar-refractivity contribution is 0.102. The first-order chi connectivity index (χ1) is 13.0. The third-order valence-electron chi connectivity index (χ3n) is 4.42. The van der Waals surface area contributed by atoms with Crippen molar-refractivity contribution < 1.29 is 4.79 Å². The van der Waals surface area contributed by atoms with E-state index in [1.807, 2.05) is 62.4 Å². The molecule has 3 aromatic rings. The number of hydrogen-bond acceptors (Lipinski definition) is 3. The maximum absolute atomic E-state index is 12.5. The summed E-state index contributed by atoms with van der Waals surface area (Å²) >= 11 is 5.90. The molecule has 0 saturated heterocycles. The topological polar surface area (TPSA) is 54.0 Å². The zero-order chi connectivity index (χ0) is 19.2. The fraction of sp³-hybridized carbons (Fsp3) is 0.182. The lowest BCUT2D eigenvalue weighted by Crippen LogP contribution is -2.13. The maximum Gasteiger partial charge on any atom is 0.257 e. The van der Waals surface area contributed by atoms with Gasteiger partial charge in [0.05, 0.1) is 11.3 Å². The first-order valence-electron chi connectivity index (χ1n) is 8.83. The summed E-state index contributed by atoms with van der Waals surface area (Å²) in [5.41, 5.74) is 5.65. The first kappa shape index (κ1) is 18.9. The molecule has 0 aliphatic carbocycles. The molecule has 0 fully saturated rings. The van der Waals surface area contributed by atoms with Gasteiger partial charge >= 0.3 is 0 Å². The highest BCUT2D eigenvalue weighted by Gasteiger charge is 2.08. The van der Waals surface area contributed by atoms with Crippen molar-refractivity contribution >= 4 is 28.9 Å². The van der Waals surface area contributed by atoms with Crippen molar-refractivity contribution in [2.45, 2.75) is 20.3 Å². The zero-order valence-electron chi connectivity index (χ0n) is 15.4. The summed E-state index contributed by atoms with van der Waals surface area (Å²) in [6, 6.07) is 15.5. The number of hydrogen-bond donors (Lipinski definition) is 2. The number of aromatic nitrogens is 1. The van der Waals surface area contributed by atoms with Crippen molar-refractivity contribution in [1.82, 2.24) is 4.98 Å². The molecule has 0 bridgehead atoms. The Kier molecular flexibility index (Phi) is 6.09. The molecule has 0 aliphatic heterocycles. The second-order valence-electron chi connectivity index (χ2n) is 6.52. The summed E-state index contributed by atoms with van der Waals surface area (Å²) in [4.78, 5) is 16.7. The zero-order valence-corrected chi connectivity index (χ0v) is 16.2. The van der Waals surface area contributed by atoms with Crippen molar-refractivity contribution in [2.75, 3.05) is 17.2 Å². The number of anilines is 2. The van der Waals surface area contributed by atoms with E-state index in [0.717, 1.165) is 34.9 Å². The highest BCUT2D eigenvalue weighted by Crippen LogP contribution is 2.16. The summed E-state index contributed by atoms with van der Waals surface area (Å²) in [5.74, 6) is -0.174. The predicted molar refractivity (Wildman–Crippen MR) is 112 cm³/mol. The smallest absolute Gasteiger partial charge is 0.257 e. The average Bonchev–Trinajstić information content (AvgIpc) is 2.66. The quantitative estimate of drug-likeness (QED) is 0.614. The summed E-state index contributed by atoms with van der Waals surface area (Å²) < 4.78 is 0. The standard InChI is InChI=1S/C22H22ClN3O/c1-15-3-8-20(11-16(15)2)26-22(27)18-12-21(14-24-13-18)25-10-9-17-4-6-19(23)7-5-17/h3-8,11-14,25H,9-10H2,1-2H3,(H,26,27). The SMILES string of the molecule is Cc1ccc(NC(=O)c2cncc(NCCc3ccc(Cl)cc3)c2)cc1C. The van der Waals surface area contributed by atoms with Gasteiger partial charge in [-0.3, -0.25) is 9.78 Å². The number of pyridine rings is 1. The van der Waals surface area contributed by atoms with Crippen molar-refractivity contribution in [3.05, 3.63) is 88.2 Å². The molecule has 2 N–H and O–H groups in total. The third kappa shape index (κ3) is 5.31. The van der Waals surface area contributed by atoms with E-state index in [-0.39, 0.29) is 5.91 Å². The van der Waals surface area contributed by atoms with Crippen LogP contribution >= 0.6 is 11.6 Å².